The van der Waals surface area contributed by atoms with Crippen molar-refractivity contribution in [2.75, 3.05) is 5.32 Å². The smallest absolute Gasteiger partial charge is 0.256 e. The molecular formula is C16H17N3OS. The molecule has 1 aliphatic heterocycles. The number of carbonyl (C=O) groups is 1. The lowest BCUT2D eigenvalue weighted by molar-refractivity contribution is 0.0935. The van der Waals surface area contributed by atoms with Crippen LogP contribution in [0.1, 0.15) is 45.9 Å². The van der Waals surface area contributed by atoms with Gasteiger partial charge in [-0.15, -0.1) is 11.3 Å². The Kier molecular flexibility index (Phi) is 2.96. The molecule has 0 fully saturated rings. The SMILES string of the molecule is C[C@@H]1CCc2c(sc3c2C(=O)N[C@H](c2ccncc2)N3)C1. The summed E-state index contributed by atoms with van der Waals surface area (Å²) in [6, 6.07) is 3.86. The minimum Gasteiger partial charge on any atom is -0.353 e. The molecule has 1 aliphatic carbocycles. The minimum absolute atomic E-state index is 0.0533. The molecule has 21 heavy (non-hydrogen) atoms. The average Bonchev–Trinajstić information content (AvgIpc) is 2.85. The molecule has 1 amide bonds. The van der Waals surface area contributed by atoms with E-state index in [1.54, 1.807) is 23.7 Å². The summed E-state index contributed by atoms with van der Waals surface area (Å²) in [5, 5.41) is 7.57. The first-order valence-electron chi connectivity index (χ1n) is 7.34. The molecule has 0 unspecified atom stereocenters. The number of carbonyl (C=O) groups excluding carboxylic acids is 1. The Hall–Kier alpha value is -1.88. The lowest BCUT2D eigenvalue weighted by atomic mass is 9.88. The predicted molar refractivity (Wildman–Crippen MR) is 83.6 cm³/mol. The fourth-order valence-corrected chi connectivity index (χ4v) is 4.62. The highest BCUT2D eigenvalue weighted by molar-refractivity contribution is 7.16. The molecular weight excluding hydrogens is 282 g/mol. The average molecular weight is 299 g/mol. The fourth-order valence-electron chi connectivity index (χ4n) is 3.19. The van der Waals surface area contributed by atoms with Crippen molar-refractivity contribution in [2.24, 2.45) is 5.92 Å². The topological polar surface area (TPSA) is 54.0 Å². The Bertz CT molecular complexity index is 695. The number of aromatic nitrogens is 1. The van der Waals surface area contributed by atoms with E-state index in [1.165, 1.54) is 16.9 Å². The normalized spacial score (nSPS) is 23.8. The van der Waals surface area contributed by atoms with E-state index in [0.29, 0.717) is 0 Å². The molecule has 0 aromatic carbocycles. The lowest BCUT2D eigenvalue weighted by Gasteiger charge is -2.26. The number of thiophene rings is 1. The highest BCUT2D eigenvalue weighted by atomic mass is 32.1. The molecule has 0 radical (unpaired) electrons. The van der Waals surface area contributed by atoms with Gasteiger partial charge in [0, 0.05) is 17.3 Å². The van der Waals surface area contributed by atoms with Crippen LogP contribution in [0.25, 0.3) is 0 Å². The summed E-state index contributed by atoms with van der Waals surface area (Å²) < 4.78 is 0. The van der Waals surface area contributed by atoms with Gasteiger partial charge >= 0.3 is 0 Å². The molecule has 0 saturated carbocycles. The van der Waals surface area contributed by atoms with Crippen molar-refractivity contribution in [3.05, 3.63) is 46.1 Å². The van der Waals surface area contributed by atoms with Crippen molar-refractivity contribution in [1.82, 2.24) is 10.3 Å². The maximum atomic E-state index is 12.5. The van der Waals surface area contributed by atoms with Gasteiger partial charge in [0.15, 0.2) is 0 Å². The minimum atomic E-state index is -0.162. The maximum Gasteiger partial charge on any atom is 0.256 e. The predicted octanol–water partition coefficient (Wildman–Crippen LogP) is 3.12. The second-order valence-electron chi connectivity index (χ2n) is 5.89. The first-order chi connectivity index (χ1) is 10.2. The summed E-state index contributed by atoms with van der Waals surface area (Å²) in [6.07, 6.45) is 6.64. The van der Waals surface area contributed by atoms with Gasteiger partial charge < -0.3 is 10.6 Å². The van der Waals surface area contributed by atoms with Gasteiger partial charge in [0.2, 0.25) is 0 Å². The van der Waals surface area contributed by atoms with Crippen molar-refractivity contribution in [2.45, 2.75) is 32.4 Å². The van der Waals surface area contributed by atoms with Crippen molar-refractivity contribution in [3.63, 3.8) is 0 Å². The lowest BCUT2D eigenvalue weighted by Crippen LogP contribution is -2.38. The number of hydrogen-bond donors (Lipinski definition) is 2. The van der Waals surface area contributed by atoms with Crippen LogP contribution in [0.15, 0.2) is 24.5 Å². The second-order valence-corrected chi connectivity index (χ2v) is 6.99. The van der Waals surface area contributed by atoms with Gasteiger partial charge in [-0.1, -0.05) is 6.92 Å². The van der Waals surface area contributed by atoms with Crippen LogP contribution in [0.2, 0.25) is 0 Å². The van der Waals surface area contributed by atoms with E-state index in [4.69, 9.17) is 0 Å². The van der Waals surface area contributed by atoms with E-state index in [0.717, 1.165) is 34.9 Å². The van der Waals surface area contributed by atoms with Crippen LogP contribution < -0.4 is 10.6 Å². The molecule has 5 heteroatoms. The van der Waals surface area contributed by atoms with Crippen molar-refractivity contribution in [3.8, 4) is 0 Å². The van der Waals surface area contributed by atoms with E-state index >= 15 is 0 Å². The second kappa shape index (κ2) is 4.84. The third-order valence-corrected chi connectivity index (χ3v) is 5.51. The highest BCUT2D eigenvalue weighted by Gasteiger charge is 2.32. The van der Waals surface area contributed by atoms with E-state index in [-0.39, 0.29) is 12.1 Å². The molecule has 4 nitrogen and oxygen atoms in total. The third kappa shape index (κ3) is 2.12. The van der Waals surface area contributed by atoms with Crippen LogP contribution in [0.3, 0.4) is 0 Å². The van der Waals surface area contributed by atoms with Gasteiger partial charge in [-0.2, -0.15) is 0 Å². The van der Waals surface area contributed by atoms with E-state index in [9.17, 15) is 4.79 Å². The van der Waals surface area contributed by atoms with E-state index < -0.39 is 0 Å². The summed E-state index contributed by atoms with van der Waals surface area (Å²) >= 11 is 1.76. The Balaban J connectivity index is 1.71. The van der Waals surface area contributed by atoms with Gasteiger partial charge in [0.25, 0.3) is 5.91 Å². The Morgan fingerprint density at radius 1 is 1.29 bits per heavy atom. The van der Waals surface area contributed by atoms with E-state index in [2.05, 4.69) is 22.5 Å². The molecule has 0 bridgehead atoms. The summed E-state index contributed by atoms with van der Waals surface area (Å²) in [6.45, 7) is 2.29. The maximum absolute atomic E-state index is 12.5. The van der Waals surface area contributed by atoms with Gasteiger partial charge in [0.05, 0.1) is 5.56 Å². The molecule has 2 N–H and O–H groups in total. The highest BCUT2D eigenvalue weighted by Crippen LogP contribution is 2.42. The largest absolute Gasteiger partial charge is 0.353 e. The standard InChI is InChI=1S/C16H17N3OS/c1-9-2-3-11-12(8-9)21-16-13(11)15(20)18-14(19-16)10-4-6-17-7-5-10/h4-7,9,14,19H,2-3,8H2,1H3,(H,18,20)/t9-,14+/m1/s1. The molecule has 2 aromatic rings. The van der Waals surface area contributed by atoms with E-state index in [1.807, 2.05) is 12.1 Å². The van der Waals surface area contributed by atoms with Crippen LogP contribution in [0.5, 0.6) is 0 Å². The third-order valence-electron chi connectivity index (χ3n) is 4.33. The first-order valence-corrected chi connectivity index (χ1v) is 8.16. The summed E-state index contributed by atoms with van der Waals surface area (Å²) in [7, 11) is 0. The number of nitrogens with one attached hydrogen (secondary N) is 2. The molecule has 3 heterocycles. The zero-order valence-corrected chi connectivity index (χ0v) is 12.7. The number of pyridine rings is 1. The summed E-state index contributed by atoms with van der Waals surface area (Å²) in [4.78, 5) is 17.9. The molecule has 4 rings (SSSR count). The van der Waals surface area contributed by atoms with Gasteiger partial charge in [0.1, 0.15) is 11.2 Å². The zero-order valence-electron chi connectivity index (χ0n) is 11.8. The van der Waals surface area contributed by atoms with Crippen molar-refractivity contribution in [1.29, 1.82) is 0 Å². The number of nitrogens with zero attached hydrogens (tertiary/aromatic N) is 1. The molecule has 108 valence electrons. The zero-order chi connectivity index (χ0) is 14.4. The van der Waals surface area contributed by atoms with Crippen LogP contribution >= 0.6 is 11.3 Å². The van der Waals surface area contributed by atoms with Gasteiger partial charge in [-0.05, 0) is 48.4 Å². The Labute approximate surface area is 127 Å². The quantitative estimate of drug-likeness (QED) is 0.850. The summed E-state index contributed by atoms with van der Waals surface area (Å²) in [5.74, 6) is 0.772. The number of amides is 1. The summed E-state index contributed by atoms with van der Waals surface area (Å²) in [5.41, 5.74) is 3.18. The molecule has 0 spiro atoms. The Morgan fingerprint density at radius 3 is 2.90 bits per heavy atom. The molecule has 2 atom stereocenters. The first kappa shape index (κ1) is 12.8. The van der Waals surface area contributed by atoms with Gasteiger partial charge in [-0.3, -0.25) is 9.78 Å². The fraction of sp³-hybridized carbons (Fsp3) is 0.375. The number of hydrogen-bond acceptors (Lipinski definition) is 4. The number of fused-ring (bicyclic) bond motifs is 3. The molecule has 2 aromatic heterocycles. The van der Waals surface area contributed by atoms with Crippen LogP contribution in [-0.2, 0) is 12.8 Å². The van der Waals surface area contributed by atoms with Crippen molar-refractivity contribution < 1.29 is 4.79 Å². The van der Waals surface area contributed by atoms with Crippen LogP contribution in [0.4, 0.5) is 5.00 Å². The molecule has 2 aliphatic rings. The number of anilines is 1. The monoisotopic (exact) mass is 299 g/mol. The van der Waals surface area contributed by atoms with Crippen molar-refractivity contribution >= 4 is 22.2 Å². The van der Waals surface area contributed by atoms with Crippen LogP contribution in [-0.4, -0.2) is 10.9 Å². The van der Waals surface area contributed by atoms with Gasteiger partial charge in [-0.25, -0.2) is 0 Å². The molecule has 0 saturated heterocycles. The number of rotatable bonds is 1. The Morgan fingerprint density at radius 2 is 2.10 bits per heavy atom. The van der Waals surface area contributed by atoms with Crippen LogP contribution in [0, 0.1) is 5.92 Å².